The van der Waals surface area contributed by atoms with Gasteiger partial charge in [-0.3, -0.25) is 9.59 Å². The van der Waals surface area contributed by atoms with Crippen LogP contribution < -0.4 is 15.4 Å². The number of carboxylic acid groups (broad SMARTS) is 1. The number of benzene rings is 2. The minimum atomic E-state index is -2.39. The molecule has 12 heteroatoms. The van der Waals surface area contributed by atoms with Crippen molar-refractivity contribution < 1.29 is 49.0 Å². The van der Waals surface area contributed by atoms with Gasteiger partial charge in [0.1, 0.15) is 18.0 Å². The van der Waals surface area contributed by atoms with Crippen LogP contribution >= 0.6 is 0 Å². The molecular formula is C26H32N2O10. The van der Waals surface area contributed by atoms with Gasteiger partial charge in [-0.05, 0) is 29.8 Å². The van der Waals surface area contributed by atoms with Crippen LogP contribution in [0.3, 0.4) is 0 Å². The van der Waals surface area contributed by atoms with Gasteiger partial charge in [0.15, 0.2) is 0 Å². The van der Waals surface area contributed by atoms with Crippen LogP contribution in [0.25, 0.3) is 0 Å². The molecule has 1 heterocycles. The lowest BCUT2D eigenvalue weighted by Gasteiger charge is -2.46. The van der Waals surface area contributed by atoms with E-state index >= 15 is 0 Å². The van der Waals surface area contributed by atoms with Gasteiger partial charge in [0.2, 0.25) is 5.91 Å². The van der Waals surface area contributed by atoms with Gasteiger partial charge in [0.25, 0.3) is 11.7 Å². The van der Waals surface area contributed by atoms with Crippen LogP contribution in [-0.4, -0.2) is 88.1 Å². The fourth-order valence-corrected chi connectivity index (χ4v) is 4.11. The van der Waals surface area contributed by atoms with Gasteiger partial charge in [-0.15, -0.1) is 0 Å². The van der Waals surface area contributed by atoms with Crippen molar-refractivity contribution in [3.05, 3.63) is 65.7 Å². The van der Waals surface area contributed by atoms with E-state index in [0.29, 0.717) is 11.3 Å². The van der Waals surface area contributed by atoms with Crippen LogP contribution in [0.1, 0.15) is 29.3 Å². The van der Waals surface area contributed by atoms with Crippen molar-refractivity contribution in [3.8, 4) is 5.75 Å². The van der Waals surface area contributed by atoms with E-state index in [1.165, 1.54) is 26.2 Å². The molecule has 38 heavy (non-hydrogen) atoms. The van der Waals surface area contributed by atoms with Crippen molar-refractivity contribution in [2.75, 3.05) is 13.7 Å². The normalized spacial score (nSPS) is 24.6. The number of hydrogen-bond donors (Lipinski definition) is 6. The third-order valence-electron chi connectivity index (χ3n) is 6.14. The van der Waals surface area contributed by atoms with Gasteiger partial charge in [0.05, 0.1) is 32.0 Å². The third kappa shape index (κ3) is 7.05. The maximum absolute atomic E-state index is 12.5. The number of carbonyl (C=O) groups excluding carboxylic acids is 2. The Hall–Kier alpha value is -3.55. The number of hydrogen-bond acceptors (Lipinski definition) is 9. The number of amides is 2. The van der Waals surface area contributed by atoms with E-state index in [2.05, 4.69) is 10.6 Å². The molecule has 1 aliphatic heterocycles. The number of aliphatic hydroxyl groups is 3. The topological polar surface area (TPSA) is 184 Å². The number of methoxy groups -OCH3 is 1. The fraction of sp³-hybridized carbons (Fsp3) is 0.423. The number of nitrogens with one attached hydrogen (secondary N) is 2. The van der Waals surface area contributed by atoms with Gasteiger partial charge in [-0.1, -0.05) is 30.3 Å². The smallest absolute Gasteiger partial charge is 0.364 e. The highest BCUT2D eigenvalue weighted by Gasteiger charge is 2.55. The van der Waals surface area contributed by atoms with E-state index in [1.807, 2.05) is 0 Å². The quantitative estimate of drug-likeness (QED) is 0.227. The molecule has 0 aliphatic carbocycles. The number of ether oxygens (including phenoxy) is 3. The first-order valence-corrected chi connectivity index (χ1v) is 11.9. The number of carbonyl (C=O) groups is 3. The molecule has 0 aromatic heterocycles. The number of aliphatic carboxylic acids is 1. The van der Waals surface area contributed by atoms with Crippen molar-refractivity contribution in [2.24, 2.45) is 0 Å². The second-order valence-electron chi connectivity index (χ2n) is 8.91. The van der Waals surface area contributed by atoms with Crippen molar-refractivity contribution in [3.63, 3.8) is 0 Å². The van der Waals surface area contributed by atoms with Crippen molar-refractivity contribution >= 4 is 17.8 Å². The summed E-state index contributed by atoms with van der Waals surface area (Å²) in [5.41, 5.74) is 0.903. The molecule has 2 aromatic carbocycles. The molecule has 1 aliphatic rings. The van der Waals surface area contributed by atoms with E-state index < -0.39 is 67.0 Å². The number of rotatable bonds is 11. The molecule has 0 saturated carbocycles. The number of aliphatic hydroxyl groups excluding tert-OH is 3. The van der Waals surface area contributed by atoms with Crippen LogP contribution in [0, 0.1) is 0 Å². The maximum Gasteiger partial charge on any atom is 0.364 e. The predicted octanol–water partition coefficient (Wildman–Crippen LogP) is -0.201. The Morgan fingerprint density at radius 2 is 1.76 bits per heavy atom. The first-order chi connectivity index (χ1) is 18.1. The van der Waals surface area contributed by atoms with E-state index in [4.69, 9.17) is 14.2 Å². The van der Waals surface area contributed by atoms with Crippen molar-refractivity contribution in [2.45, 2.75) is 56.2 Å². The van der Waals surface area contributed by atoms with Crippen molar-refractivity contribution in [1.82, 2.24) is 10.6 Å². The van der Waals surface area contributed by atoms with Gasteiger partial charge in [-0.25, -0.2) is 4.79 Å². The summed E-state index contributed by atoms with van der Waals surface area (Å²) < 4.78 is 16.4. The molecule has 0 unspecified atom stereocenters. The van der Waals surface area contributed by atoms with Crippen LogP contribution in [0.4, 0.5) is 0 Å². The summed E-state index contributed by atoms with van der Waals surface area (Å²) in [6.45, 7) is 0.542. The highest BCUT2D eigenvalue weighted by atomic mass is 16.7. The summed E-state index contributed by atoms with van der Waals surface area (Å²) in [6, 6.07) is 13.6. The minimum Gasteiger partial charge on any atom is -0.497 e. The first-order valence-electron chi connectivity index (χ1n) is 11.9. The standard InChI is InChI=1S/C26H32N2O10/c1-15(29)28-21-19(30)12-26(25(34)35,37-14-16-6-4-3-5-7-16)38-23(21)22(32)20(31)13-27-24(33)17-8-10-18(36-2)11-9-17/h3-11,19-23,30-32H,12-14H2,1-2H3,(H,27,33)(H,28,29)(H,34,35)/t19-,20+,21+,22-,23+,26+/m0/s1. The summed E-state index contributed by atoms with van der Waals surface area (Å²) in [5.74, 6) is -4.53. The summed E-state index contributed by atoms with van der Waals surface area (Å²) in [5, 5.41) is 47.3. The highest BCUT2D eigenvalue weighted by molar-refractivity contribution is 5.94. The summed E-state index contributed by atoms with van der Waals surface area (Å²) in [6.07, 6.45) is -7.18. The molecule has 206 valence electrons. The monoisotopic (exact) mass is 532 g/mol. The summed E-state index contributed by atoms with van der Waals surface area (Å²) in [4.78, 5) is 36.5. The Kier molecular flexibility index (Phi) is 9.78. The molecule has 12 nitrogen and oxygen atoms in total. The van der Waals surface area contributed by atoms with Crippen LogP contribution in [-0.2, 0) is 25.7 Å². The Labute approximate surface area is 219 Å². The molecule has 6 N–H and O–H groups in total. The largest absolute Gasteiger partial charge is 0.497 e. The third-order valence-corrected chi connectivity index (χ3v) is 6.14. The van der Waals surface area contributed by atoms with Crippen LogP contribution in [0.2, 0.25) is 0 Å². The van der Waals surface area contributed by atoms with E-state index in [9.17, 15) is 34.8 Å². The highest BCUT2D eigenvalue weighted by Crippen LogP contribution is 2.34. The van der Waals surface area contributed by atoms with Gasteiger partial charge in [-0.2, -0.15) is 0 Å². The zero-order valence-corrected chi connectivity index (χ0v) is 20.9. The summed E-state index contributed by atoms with van der Waals surface area (Å²) in [7, 11) is 1.48. The Morgan fingerprint density at radius 3 is 2.34 bits per heavy atom. The Bertz CT molecular complexity index is 1100. The molecule has 6 atom stereocenters. The van der Waals surface area contributed by atoms with Crippen LogP contribution in [0.5, 0.6) is 5.75 Å². The lowest BCUT2D eigenvalue weighted by atomic mass is 9.88. The second kappa shape index (κ2) is 12.8. The molecule has 2 aromatic rings. The first kappa shape index (κ1) is 29.0. The lowest BCUT2D eigenvalue weighted by molar-refractivity contribution is -0.314. The molecular weight excluding hydrogens is 500 g/mol. The van der Waals surface area contributed by atoms with E-state index in [-0.39, 0.29) is 12.2 Å². The fourth-order valence-electron chi connectivity index (χ4n) is 4.11. The lowest BCUT2D eigenvalue weighted by Crippen LogP contribution is -2.68. The summed E-state index contributed by atoms with van der Waals surface area (Å²) >= 11 is 0. The average molecular weight is 533 g/mol. The zero-order chi connectivity index (χ0) is 27.9. The molecule has 2 amide bonds. The average Bonchev–Trinajstić information content (AvgIpc) is 2.91. The minimum absolute atomic E-state index is 0.187. The predicted molar refractivity (Wildman–Crippen MR) is 132 cm³/mol. The molecule has 1 fully saturated rings. The Balaban J connectivity index is 1.76. The molecule has 3 rings (SSSR count). The maximum atomic E-state index is 12.5. The molecule has 0 bridgehead atoms. The van der Waals surface area contributed by atoms with Gasteiger partial charge >= 0.3 is 5.97 Å². The van der Waals surface area contributed by atoms with Gasteiger partial charge < -0.3 is 45.3 Å². The van der Waals surface area contributed by atoms with E-state index in [0.717, 1.165) is 0 Å². The second-order valence-corrected chi connectivity index (χ2v) is 8.91. The van der Waals surface area contributed by atoms with Crippen LogP contribution in [0.15, 0.2) is 54.6 Å². The molecule has 0 radical (unpaired) electrons. The van der Waals surface area contributed by atoms with Crippen molar-refractivity contribution in [1.29, 1.82) is 0 Å². The Morgan fingerprint density at radius 1 is 1.11 bits per heavy atom. The number of carboxylic acids is 1. The molecule has 1 saturated heterocycles. The van der Waals surface area contributed by atoms with E-state index in [1.54, 1.807) is 42.5 Å². The zero-order valence-electron chi connectivity index (χ0n) is 20.9. The SMILES string of the molecule is COc1ccc(C(=O)NC[C@@H](O)[C@H](O)[C@@H]2O[C@@](OCc3ccccc3)(C(=O)O)C[C@H](O)[C@H]2NC(C)=O)cc1. The molecule has 0 spiro atoms. The van der Waals surface area contributed by atoms with Gasteiger partial charge in [0, 0.05) is 25.5 Å².